The first-order chi connectivity index (χ1) is 14.8. The highest BCUT2D eigenvalue weighted by atomic mass is 31.1. The average Bonchev–Trinajstić information content (AvgIpc) is 3.27. The van der Waals surface area contributed by atoms with Gasteiger partial charge in [0.1, 0.15) is 17.5 Å². The van der Waals surface area contributed by atoms with Gasteiger partial charge in [-0.3, -0.25) is 9.09 Å². The molecule has 1 aliphatic heterocycles. The molecule has 0 aliphatic carbocycles. The fourth-order valence-corrected chi connectivity index (χ4v) is 4.09. The minimum absolute atomic E-state index is 0.0112. The summed E-state index contributed by atoms with van der Waals surface area (Å²) < 4.78 is 58.2. The molecule has 1 fully saturated rings. The molecule has 0 amide bonds. The van der Waals surface area contributed by atoms with E-state index in [1.54, 1.807) is 30.3 Å². The molecule has 31 heavy (non-hydrogen) atoms. The monoisotopic (exact) mass is 455 g/mol. The van der Waals surface area contributed by atoms with E-state index in [2.05, 4.69) is 20.3 Å². The van der Waals surface area contributed by atoms with Gasteiger partial charge in [0.05, 0.1) is 12.9 Å². The van der Waals surface area contributed by atoms with Crippen LogP contribution >= 0.6 is 8.25 Å². The Bertz CT molecular complexity index is 1100. The van der Waals surface area contributed by atoms with Crippen LogP contribution in [-0.4, -0.2) is 56.2 Å². The van der Waals surface area contributed by atoms with Gasteiger partial charge < -0.3 is 19.7 Å². The number of benzene rings is 1. The molecule has 2 N–H and O–H groups in total. The molecule has 2 aromatic heterocycles. The highest BCUT2D eigenvalue weighted by molar-refractivity contribution is 7.33. The zero-order chi connectivity index (χ0) is 22.2. The first-order valence-electron chi connectivity index (χ1n) is 9.30. The van der Waals surface area contributed by atoms with E-state index in [1.807, 2.05) is 0 Å². The zero-order valence-corrected chi connectivity index (χ0v) is 17.5. The normalized spacial score (nSPS) is 26.8. The fraction of sp³-hybridized carbons (Fsp3) is 0.389. The Labute approximate surface area is 176 Å². The molecule has 0 bridgehead atoms. The lowest BCUT2D eigenvalue weighted by Gasteiger charge is -2.26. The summed E-state index contributed by atoms with van der Waals surface area (Å²) in [6.07, 6.45) is -4.73. The van der Waals surface area contributed by atoms with Crippen molar-refractivity contribution < 1.29 is 32.2 Å². The third-order valence-corrected chi connectivity index (χ3v) is 5.70. The van der Waals surface area contributed by atoms with E-state index in [4.69, 9.17) is 13.8 Å². The predicted octanol–water partition coefficient (Wildman–Crippen LogP) is 2.48. The topological polar surface area (TPSA) is 121 Å². The van der Waals surface area contributed by atoms with E-state index < -0.39 is 45.0 Å². The minimum Gasteiger partial charge on any atom is -0.426 e. The number of nitrogens with zero attached hydrogens (tertiary/aromatic N) is 4. The molecule has 3 heterocycles. The number of halogens is 2. The van der Waals surface area contributed by atoms with Crippen LogP contribution in [0.5, 0.6) is 5.75 Å². The summed E-state index contributed by atoms with van der Waals surface area (Å²) in [5, 5.41) is 13.1. The van der Waals surface area contributed by atoms with Crippen LogP contribution in [0.25, 0.3) is 11.2 Å². The van der Waals surface area contributed by atoms with Gasteiger partial charge in [-0.05, 0) is 19.1 Å². The predicted molar refractivity (Wildman–Crippen MR) is 106 cm³/mol. The molecule has 1 aliphatic rings. The maximum absolute atomic E-state index is 15.0. The number of para-hydroxylation sites is 1. The van der Waals surface area contributed by atoms with Crippen LogP contribution in [-0.2, 0) is 13.8 Å². The first-order valence-corrected chi connectivity index (χ1v) is 10.5. The van der Waals surface area contributed by atoms with Gasteiger partial charge in [-0.25, -0.2) is 13.9 Å². The Morgan fingerprint density at radius 2 is 2.10 bits per heavy atom. The van der Waals surface area contributed by atoms with E-state index in [0.29, 0.717) is 5.75 Å². The summed E-state index contributed by atoms with van der Waals surface area (Å²) in [6.45, 7) is 1.00. The number of aromatic nitrogens is 4. The van der Waals surface area contributed by atoms with Crippen molar-refractivity contribution >= 4 is 25.2 Å². The number of anilines is 1. The quantitative estimate of drug-likeness (QED) is 0.409. The SMILES string of the molecule is CNc1nc(F)nc2c1ncn2[C@@H]1O[C@](C)(CO[PH](=O)Oc2ccccc2)[C@@H](O)[C@@H]1F. The van der Waals surface area contributed by atoms with Crippen LogP contribution in [0.4, 0.5) is 14.6 Å². The Morgan fingerprint density at radius 1 is 1.35 bits per heavy atom. The standard InChI is InChI=1S/C18H20F2N5O5P/c1-18(8-28-31(27)30-10-6-4-3-5-7-10)13(26)11(19)16(29-18)25-9-22-12-14(21-2)23-17(20)24-15(12)25/h3-7,9,11,13,16,26,31H,8H2,1-2H3,(H,21,23,24)/t11-,13-,16+,18+/m0/s1. The molecule has 13 heteroatoms. The van der Waals surface area contributed by atoms with Gasteiger partial charge in [0.15, 0.2) is 29.4 Å². The van der Waals surface area contributed by atoms with Gasteiger partial charge in [-0.15, -0.1) is 0 Å². The number of fused-ring (bicyclic) bond motifs is 1. The van der Waals surface area contributed by atoms with Gasteiger partial charge in [0.2, 0.25) is 0 Å². The molecule has 1 unspecified atom stereocenters. The van der Waals surface area contributed by atoms with Gasteiger partial charge in [-0.2, -0.15) is 14.4 Å². The zero-order valence-electron chi connectivity index (χ0n) is 16.5. The Hall–Kier alpha value is -2.66. The van der Waals surface area contributed by atoms with Crippen molar-refractivity contribution in [1.82, 2.24) is 19.5 Å². The molecule has 3 aromatic rings. The summed E-state index contributed by atoms with van der Waals surface area (Å²) in [4.78, 5) is 11.4. The Morgan fingerprint density at radius 3 is 2.81 bits per heavy atom. The van der Waals surface area contributed by atoms with Crippen LogP contribution in [0, 0.1) is 6.08 Å². The van der Waals surface area contributed by atoms with E-state index in [-0.39, 0.29) is 17.0 Å². The number of imidazole rings is 1. The van der Waals surface area contributed by atoms with Crippen LogP contribution in [0.2, 0.25) is 0 Å². The van der Waals surface area contributed by atoms with Crippen LogP contribution in [0.3, 0.4) is 0 Å². The van der Waals surface area contributed by atoms with E-state index in [1.165, 1.54) is 24.9 Å². The highest BCUT2D eigenvalue weighted by Gasteiger charge is 2.54. The second kappa shape index (κ2) is 8.46. The fourth-order valence-electron chi connectivity index (χ4n) is 3.30. The summed E-state index contributed by atoms with van der Waals surface area (Å²) in [6, 6.07) is 8.39. The summed E-state index contributed by atoms with van der Waals surface area (Å²) in [7, 11) is -1.46. The third-order valence-electron chi connectivity index (χ3n) is 4.92. The molecule has 1 aromatic carbocycles. The number of hydrogen-bond donors (Lipinski definition) is 2. The maximum Gasteiger partial charge on any atom is 0.367 e. The van der Waals surface area contributed by atoms with Crippen molar-refractivity contribution in [3.63, 3.8) is 0 Å². The van der Waals surface area contributed by atoms with E-state index in [9.17, 15) is 18.5 Å². The molecule has 1 saturated heterocycles. The summed E-state index contributed by atoms with van der Waals surface area (Å²) in [5.41, 5.74) is -1.36. The smallest absolute Gasteiger partial charge is 0.367 e. The van der Waals surface area contributed by atoms with Crippen molar-refractivity contribution in [2.75, 3.05) is 19.0 Å². The maximum atomic E-state index is 15.0. The highest BCUT2D eigenvalue weighted by Crippen LogP contribution is 2.42. The molecular weight excluding hydrogens is 435 g/mol. The van der Waals surface area contributed by atoms with Gasteiger partial charge in [-0.1, -0.05) is 18.2 Å². The lowest BCUT2D eigenvalue weighted by molar-refractivity contribution is -0.110. The van der Waals surface area contributed by atoms with E-state index >= 15 is 0 Å². The van der Waals surface area contributed by atoms with Gasteiger partial charge >= 0.3 is 14.3 Å². The van der Waals surface area contributed by atoms with Crippen molar-refractivity contribution in [1.29, 1.82) is 0 Å². The number of hydrogen-bond acceptors (Lipinski definition) is 9. The molecule has 5 atom stereocenters. The molecular formula is C18H20F2N5O5P. The first kappa shape index (κ1) is 21.6. The second-order valence-corrected chi connectivity index (χ2v) is 8.07. The number of aliphatic hydroxyl groups excluding tert-OH is 1. The molecule has 0 radical (unpaired) electrons. The molecule has 10 nitrogen and oxygen atoms in total. The second-order valence-electron chi connectivity index (χ2n) is 7.08. The van der Waals surface area contributed by atoms with Crippen molar-refractivity contribution in [2.24, 2.45) is 0 Å². The van der Waals surface area contributed by atoms with Crippen LogP contribution in [0.1, 0.15) is 13.2 Å². The largest absolute Gasteiger partial charge is 0.426 e. The lowest BCUT2D eigenvalue weighted by Crippen LogP contribution is -2.42. The number of ether oxygens (including phenoxy) is 1. The average molecular weight is 455 g/mol. The van der Waals surface area contributed by atoms with Crippen molar-refractivity contribution in [3.05, 3.63) is 42.7 Å². The number of alkyl halides is 1. The van der Waals surface area contributed by atoms with E-state index in [0.717, 1.165) is 0 Å². The van der Waals surface area contributed by atoms with Gasteiger partial charge in [0, 0.05) is 7.05 Å². The van der Waals surface area contributed by atoms with Crippen molar-refractivity contribution in [2.45, 2.75) is 31.0 Å². The van der Waals surface area contributed by atoms with Crippen LogP contribution < -0.4 is 9.84 Å². The van der Waals surface area contributed by atoms with Crippen LogP contribution in [0.15, 0.2) is 36.7 Å². The lowest BCUT2D eigenvalue weighted by atomic mass is 9.99. The Balaban J connectivity index is 1.52. The third kappa shape index (κ3) is 4.11. The number of nitrogens with one attached hydrogen (secondary N) is 1. The molecule has 166 valence electrons. The molecule has 0 saturated carbocycles. The Kier molecular flexibility index (Phi) is 5.89. The molecule has 0 spiro atoms. The summed E-state index contributed by atoms with van der Waals surface area (Å²) >= 11 is 0. The molecule has 4 rings (SSSR count). The van der Waals surface area contributed by atoms with Gasteiger partial charge in [0.25, 0.3) is 0 Å². The minimum atomic E-state index is -2.99. The number of aliphatic hydroxyl groups is 1. The van der Waals surface area contributed by atoms with Crippen molar-refractivity contribution in [3.8, 4) is 5.75 Å². The summed E-state index contributed by atoms with van der Waals surface area (Å²) in [5.74, 6) is 0.468. The number of rotatable bonds is 7.